The molecule has 1 aromatic carbocycles. The van der Waals surface area contributed by atoms with Crippen molar-refractivity contribution in [2.24, 2.45) is 0 Å². The molecule has 25 heavy (non-hydrogen) atoms. The van der Waals surface area contributed by atoms with Gasteiger partial charge < -0.3 is 9.80 Å². The topological polar surface area (TPSA) is 58.9 Å². The average Bonchev–Trinajstić information content (AvgIpc) is 3.07. The van der Waals surface area contributed by atoms with Crippen molar-refractivity contribution in [2.45, 2.75) is 18.4 Å². The zero-order valence-electron chi connectivity index (χ0n) is 14.5. The van der Waals surface area contributed by atoms with E-state index in [0.29, 0.717) is 18.7 Å². The Kier molecular flexibility index (Phi) is 5.27. The summed E-state index contributed by atoms with van der Waals surface area (Å²) in [7, 11) is -3.32. The summed E-state index contributed by atoms with van der Waals surface area (Å²) in [5.41, 5.74) is 2.64. The molecule has 1 N–H and O–H groups in total. The Morgan fingerprint density at radius 3 is 2.56 bits per heavy atom. The summed E-state index contributed by atoms with van der Waals surface area (Å²) in [6.07, 6.45) is 1.17. The molecule has 1 saturated heterocycles. The molecule has 0 bridgehead atoms. The molecule has 0 unspecified atom stereocenters. The maximum Gasteiger partial charge on any atom is 0.254 e. The number of rotatable bonds is 4. The fourth-order valence-corrected chi connectivity index (χ4v) is 4.43. The Morgan fingerprint density at radius 2 is 1.96 bits per heavy atom. The third-order valence-corrected chi connectivity index (χ3v) is 6.50. The van der Waals surface area contributed by atoms with E-state index in [9.17, 15) is 13.2 Å². The van der Waals surface area contributed by atoms with Gasteiger partial charge in [0.1, 0.15) is 6.54 Å². The van der Waals surface area contributed by atoms with E-state index < -0.39 is 9.84 Å². The zero-order valence-corrected chi connectivity index (χ0v) is 16.1. The molecule has 1 aliphatic rings. The first-order chi connectivity index (χ1) is 11.8. The van der Waals surface area contributed by atoms with Crippen LogP contribution in [0.3, 0.4) is 0 Å². The van der Waals surface area contributed by atoms with Gasteiger partial charge in [-0.3, -0.25) is 4.79 Å². The third kappa shape index (κ3) is 4.29. The molecule has 5 nitrogen and oxygen atoms in total. The van der Waals surface area contributed by atoms with Crippen molar-refractivity contribution in [1.29, 1.82) is 0 Å². The monoisotopic (exact) mass is 379 g/mol. The van der Waals surface area contributed by atoms with Crippen LogP contribution in [-0.2, 0) is 16.4 Å². The lowest BCUT2D eigenvalue weighted by atomic mass is 10.1. The lowest BCUT2D eigenvalue weighted by Crippen LogP contribution is -3.13. The van der Waals surface area contributed by atoms with Crippen molar-refractivity contribution in [1.82, 2.24) is 4.90 Å². The quantitative estimate of drug-likeness (QED) is 0.862. The number of nitrogens with zero attached hydrogens (tertiary/aromatic N) is 1. The largest absolute Gasteiger partial charge is 0.328 e. The zero-order chi connectivity index (χ0) is 18.0. The highest BCUT2D eigenvalue weighted by Gasteiger charge is 2.26. The standard InChI is InChI=1S/C18H22N2O3S2/c1-14-3-4-16(25(2,22)23)11-17(14)18(21)20-8-6-19(7-9-20)12-15-5-10-24-13-15/h3-5,10-11,13H,6-9,12H2,1-2H3/p+1. The van der Waals surface area contributed by atoms with Crippen LogP contribution in [0, 0.1) is 6.92 Å². The van der Waals surface area contributed by atoms with Crippen molar-refractivity contribution in [3.05, 3.63) is 51.7 Å². The van der Waals surface area contributed by atoms with Crippen LogP contribution in [0.25, 0.3) is 0 Å². The summed E-state index contributed by atoms with van der Waals surface area (Å²) in [5, 5.41) is 4.26. The summed E-state index contributed by atoms with van der Waals surface area (Å²) in [5.74, 6) is -0.0717. The Hall–Kier alpha value is -1.70. The second-order valence-corrected chi connectivity index (χ2v) is 9.40. The highest BCUT2D eigenvalue weighted by molar-refractivity contribution is 7.90. The van der Waals surface area contributed by atoms with Crippen LogP contribution in [0.5, 0.6) is 0 Å². The SMILES string of the molecule is Cc1ccc(S(C)(=O)=O)cc1C(=O)N1CC[NH+](Cc2ccsc2)CC1. The van der Waals surface area contributed by atoms with Crippen molar-refractivity contribution in [2.75, 3.05) is 32.4 Å². The van der Waals surface area contributed by atoms with E-state index in [1.54, 1.807) is 23.5 Å². The summed E-state index contributed by atoms with van der Waals surface area (Å²) in [6, 6.07) is 6.93. The van der Waals surface area contributed by atoms with Gasteiger partial charge in [-0.15, -0.1) is 0 Å². The second-order valence-electron chi connectivity index (χ2n) is 6.60. The van der Waals surface area contributed by atoms with Crippen LogP contribution in [0.4, 0.5) is 0 Å². The summed E-state index contributed by atoms with van der Waals surface area (Å²) < 4.78 is 23.5. The van der Waals surface area contributed by atoms with Crippen LogP contribution < -0.4 is 4.90 Å². The normalized spacial score (nSPS) is 16.2. The fourth-order valence-electron chi connectivity index (χ4n) is 3.12. The van der Waals surface area contributed by atoms with Crippen molar-refractivity contribution in [3.8, 4) is 0 Å². The lowest BCUT2D eigenvalue weighted by Gasteiger charge is -2.32. The molecule has 0 spiro atoms. The van der Waals surface area contributed by atoms with E-state index in [0.717, 1.165) is 25.2 Å². The highest BCUT2D eigenvalue weighted by Crippen LogP contribution is 2.17. The van der Waals surface area contributed by atoms with Crippen LogP contribution in [0.1, 0.15) is 21.5 Å². The van der Waals surface area contributed by atoms with Gasteiger partial charge in [0, 0.05) is 17.4 Å². The molecule has 7 heteroatoms. The first-order valence-electron chi connectivity index (χ1n) is 8.29. The van der Waals surface area contributed by atoms with Crippen molar-refractivity contribution >= 4 is 27.1 Å². The van der Waals surface area contributed by atoms with E-state index >= 15 is 0 Å². The minimum Gasteiger partial charge on any atom is -0.328 e. The first kappa shape index (κ1) is 18.1. The number of sulfone groups is 1. The summed E-state index contributed by atoms with van der Waals surface area (Å²) in [6.45, 7) is 6.05. The van der Waals surface area contributed by atoms with E-state index in [1.807, 2.05) is 11.8 Å². The molecular formula is C18H23N2O3S2+. The molecule has 0 aliphatic carbocycles. The summed E-state index contributed by atoms with van der Waals surface area (Å²) in [4.78, 5) is 16.4. The number of hydrogen-bond acceptors (Lipinski definition) is 4. The highest BCUT2D eigenvalue weighted by atomic mass is 32.2. The molecule has 1 aromatic heterocycles. The molecule has 0 saturated carbocycles. The van der Waals surface area contributed by atoms with Gasteiger partial charge >= 0.3 is 0 Å². The summed E-state index contributed by atoms with van der Waals surface area (Å²) >= 11 is 1.71. The minimum absolute atomic E-state index is 0.0717. The van der Waals surface area contributed by atoms with E-state index in [4.69, 9.17) is 0 Å². The molecule has 1 amide bonds. The van der Waals surface area contributed by atoms with Crippen molar-refractivity contribution < 1.29 is 18.1 Å². The predicted octanol–water partition coefficient (Wildman–Crippen LogP) is 1.00. The number of carbonyl (C=O) groups is 1. The number of nitrogens with one attached hydrogen (secondary N) is 1. The number of aryl methyl sites for hydroxylation is 1. The van der Waals surface area contributed by atoms with Crippen LogP contribution in [0.15, 0.2) is 39.9 Å². The Bertz CT molecular complexity index is 852. The van der Waals surface area contributed by atoms with Crippen LogP contribution in [0.2, 0.25) is 0 Å². The number of thiophene rings is 1. The van der Waals surface area contributed by atoms with E-state index in [-0.39, 0.29) is 10.8 Å². The van der Waals surface area contributed by atoms with Gasteiger partial charge in [0.15, 0.2) is 9.84 Å². The molecule has 2 heterocycles. The Morgan fingerprint density at radius 1 is 1.24 bits per heavy atom. The number of hydrogen-bond donors (Lipinski definition) is 1. The maximum absolute atomic E-state index is 12.8. The van der Waals surface area contributed by atoms with Gasteiger partial charge in [-0.05, 0) is 41.4 Å². The van der Waals surface area contributed by atoms with Crippen LogP contribution >= 0.6 is 11.3 Å². The van der Waals surface area contributed by atoms with Crippen LogP contribution in [-0.4, -0.2) is 51.7 Å². The van der Waals surface area contributed by atoms with Gasteiger partial charge in [0.05, 0.1) is 31.1 Å². The minimum atomic E-state index is -3.32. The third-order valence-electron chi connectivity index (χ3n) is 4.66. The number of benzene rings is 1. The van der Waals surface area contributed by atoms with Gasteiger partial charge in [-0.25, -0.2) is 8.42 Å². The molecule has 0 radical (unpaired) electrons. The number of quaternary nitrogens is 1. The average molecular weight is 380 g/mol. The molecule has 0 atom stereocenters. The Labute approximate surface area is 152 Å². The van der Waals surface area contributed by atoms with E-state index in [2.05, 4.69) is 16.8 Å². The fraction of sp³-hybridized carbons (Fsp3) is 0.389. The van der Waals surface area contributed by atoms with Gasteiger partial charge in [-0.2, -0.15) is 11.3 Å². The first-order valence-corrected chi connectivity index (χ1v) is 11.1. The molecule has 3 rings (SSSR count). The molecular weight excluding hydrogens is 356 g/mol. The Balaban J connectivity index is 1.68. The molecule has 1 fully saturated rings. The van der Waals surface area contributed by atoms with Crippen molar-refractivity contribution in [3.63, 3.8) is 0 Å². The molecule has 1 aliphatic heterocycles. The molecule has 2 aromatic rings. The predicted molar refractivity (Wildman–Crippen MR) is 98.9 cm³/mol. The van der Waals surface area contributed by atoms with Gasteiger partial charge in [0.25, 0.3) is 5.91 Å². The number of piperazine rings is 1. The second kappa shape index (κ2) is 7.27. The maximum atomic E-state index is 12.8. The number of amides is 1. The molecule has 134 valence electrons. The van der Waals surface area contributed by atoms with Gasteiger partial charge in [-0.1, -0.05) is 6.07 Å². The smallest absolute Gasteiger partial charge is 0.254 e. The van der Waals surface area contributed by atoms with E-state index in [1.165, 1.54) is 22.8 Å². The number of carbonyl (C=O) groups excluding carboxylic acids is 1. The van der Waals surface area contributed by atoms with Gasteiger partial charge in [0.2, 0.25) is 0 Å². The lowest BCUT2D eigenvalue weighted by molar-refractivity contribution is -0.917.